The van der Waals surface area contributed by atoms with Gasteiger partial charge in [0.05, 0.1) is 18.5 Å². The first-order valence-corrected chi connectivity index (χ1v) is 7.90. The van der Waals surface area contributed by atoms with Crippen molar-refractivity contribution >= 4 is 10.8 Å². The maximum Gasteiger partial charge on any atom is 0.0742 e. The minimum atomic E-state index is -0.874. The molecule has 0 fully saturated rings. The second-order valence-corrected chi connectivity index (χ2v) is 9.34. The van der Waals surface area contributed by atoms with Crippen LogP contribution in [0.25, 0.3) is 0 Å². The highest BCUT2D eigenvalue weighted by molar-refractivity contribution is 7.86. The van der Waals surface area contributed by atoms with Gasteiger partial charge in [0, 0.05) is 15.5 Å². The summed E-state index contributed by atoms with van der Waals surface area (Å²) in [6.45, 7) is 17.2. The fraction of sp³-hybridized carbons (Fsp3) is 0.867. The predicted molar refractivity (Wildman–Crippen MR) is 81.4 cm³/mol. The van der Waals surface area contributed by atoms with Gasteiger partial charge in [0.25, 0.3) is 0 Å². The molecule has 108 valence electrons. The lowest BCUT2D eigenvalue weighted by atomic mass is 9.90. The largest absolute Gasteiger partial charge is 0.373 e. The van der Waals surface area contributed by atoms with Crippen molar-refractivity contribution in [3.8, 4) is 0 Å². The normalized spacial score (nSPS) is 16.2. The highest BCUT2D eigenvalue weighted by Gasteiger charge is 2.30. The summed E-state index contributed by atoms with van der Waals surface area (Å²) >= 11 is 0. The van der Waals surface area contributed by atoms with Crippen LogP contribution in [0.1, 0.15) is 55.4 Å². The minimum absolute atomic E-state index is 0.0103. The summed E-state index contributed by atoms with van der Waals surface area (Å²) in [6, 6.07) is 0. The Morgan fingerprint density at radius 3 is 2.00 bits per heavy atom. The van der Waals surface area contributed by atoms with Crippen LogP contribution in [-0.2, 0) is 15.5 Å². The zero-order valence-corrected chi connectivity index (χ0v) is 14.1. The first-order chi connectivity index (χ1) is 7.94. The van der Waals surface area contributed by atoms with E-state index in [1.165, 1.54) is 5.57 Å². The lowest BCUT2D eigenvalue weighted by molar-refractivity contribution is 0.0131. The number of hydrogen-bond acceptors (Lipinski definition) is 2. The Morgan fingerprint density at radius 2 is 1.67 bits per heavy atom. The molecule has 0 saturated heterocycles. The molecule has 0 heterocycles. The van der Waals surface area contributed by atoms with Crippen molar-refractivity contribution in [1.29, 1.82) is 0 Å². The SMILES string of the molecule is CC(C)=CCO[C@@H](C[S@](=O)C(C)(C)C)C(C)(C)C. The van der Waals surface area contributed by atoms with Crippen LogP contribution in [0, 0.1) is 5.41 Å². The average Bonchev–Trinajstić information content (AvgIpc) is 2.12. The average molecular weight is 274 g/mol. The lowest BCUT2D eigenvalue weighted by Gasteiger charge is -2.32. The van der Waals surface area contributed by atoms with E-state index in [0.29, 0.717) is 12.4 Å². The third kappa shape index (κ3) is 7.32. The predicted octanol–water partition coefficient (Wildman–Crippen LogP) is 3.93. The van der Waals surface area contributed by atoms with E-state index in [-0.39, 0.29) is 16.3 Å². The first kappa shape index (κ1) is 17.8. The molecule has 0 radical (unpaired) electrons. The highest BCUT2D eigenvalue weighted by atomic mass is 32.2. The van der Waals surface area contributed by atoms with Crippen LogP contribution in [0.5, 0.6) is 0 Å². The van der Waals surface area contributed by atoms with Gasteiger partial charge in [0.15, 0.2) is 0 Å². The van der Waals surface area contributed by atoms with Gasteiger partial charge in [-0.1, -0.05) is 32.4 Å². The van der Waals surface area contributed by atoms with Crippen molar-refractivity contribution in [3.05, 3.63) is 11.6 Å². The van der Waals surface area contributed by atoms with Crippen molar-refractivity contribution in [1.82, 2.24) is 0 Å². The Morgan fingerprint density at radius 1 is 1.17 bits per heavy atom. The monoisotopic (exact) mass is 274 g/mol. The van der Waals surface area contributed by atoms with Crippen LogP contribution in [-0.4, -0.2) is 27.4 Å². The molecule has 0 bridgehead atoms. The Kier molecular flexibility index (Phi) is 6.80. The van der Waals surface area contributed by atoms with Gasteiger partial charge in [-0.3, -0.25) is 4.21 Å². The van der Waals surface area contributed by atoms with Gasteiger partial charge in [-0.15, -0.1) is 0 Å². The van der Waals surface area contributed by atoms with Gasteiger partial charge >= 0.3 is 0 Å². The van der Waals surface area contributed by atoms with Gasteiger partial charge in [0.2, 0.25) is 0 Å². The number of hydrogen-bond donors (Lipinski definition) is 0. The maximum atomic E-state index is 12.2. The zero-order chi connectivity index (χ0) is 14.6. The van der Waals surface area contributed by atoms with E-state index >= 15 is 0 Å². The first-order valence-electron chi connectivity index (χ1n) is 6.58. The molecule has 3 heteroatoms. The molecule has 0 aliphatic carbocycles. The van der Waals surface area contributed by atoms with E-state index in [2.05, 4.69) is 40.7 Å². The summed E-state index contributed by atoms with van der Waals surface area (Å²) in [5, 5.41) is 0. The van der Waals surface area contributed by atoms with E-state index in [0.717, 1.165) is 0 Å². The van der Waals surface area contributed by atoms with Gasteiger partial charge in [0.1, 0.15) is 0 Å². The number of allylic oxidation sites excluding steroid dienone is 1. The molecule has 0 amide bonds. The molecule has 0 aliphatic heterocycles. The smallest absolute Gasteiger partial charge is 0.0742 e. The van der Waals surface area contributed by atoms with E-state index < -0.39 is 10.8 Å². The third-order valence-electron chi connectivity index (χ3n) is 2.74. The fourth-order valence-electron chi connectivity index (χ4n) is 1.27. The molecule has 0 spiro atoms. The molecule has 0 rings (SSSR count). The quantitative estimate of drug-likeness (QED) is 0.710. The molecule has 0 saturated carbocycles. The topological polar surface area (TPSA) is 26.3 Å². The van der Waals surface area contributed by atoms with Gasteiger partial charge in [-0.05, 0) is 40.0 Å². The third-order valence-corrected chi connectivity index (χ3v) is 4.71. The van der Waals surface area contributed by atoms with Crippen molar-refractivity contribution in [2.75, 3.05) is 12.4 Å². The summed E-state index contributed by atoms with van der Waals surface area (Å²) < 4.78 is 18.0. The van der Waals surface area contributed by atoms with E-state index in [4.69, 9.17) is 4.74 Å². The standard InChI is InChI=1S/C15H30O2S/c1-12(2)9-10-17-13(14(3,4)5)11-18(16)15(6,7)8/h9,13H,10-11H2,1-8H3/t13-,18-/m0/s1. The second-order valence-electron chi connectivity index (χ2n) is 7.09. The molecule has 0 aliphatic rings. The molecule has 2 atom stereocenters. The lowest BCUT2D eigenvalue weighted by Crippen LogP contribution is -2.38. The molecule has 18 heavy (non-hydrogen) atoms. The fourth-order valence-corrected chi connectivity index (χ4v) is 2.64. The Balaban J connectivity index is 4.62. The van der Waals surface area contributed by atoms with Crippen LogP contribution in [0.15, 0.2) is 11.6 Å². The molecule has 0 N–H and O–H groups in total. The highest BCUT2D eigenvalue weighted by Crippen LogP contribution is 2.25. The summed E-state index contributed by atoms with van der Waals surface area (Å²) in [4.78, 5) is 0. The van der Waals surface area contributed by atoms with Crippen molar-refractivity contribution in [2.24, 2.45) is 5.41 Å². The van der Waals surface area contributed by atoms with E-state index in [1.807, 2.05) is 20.8 Å². The second kappa shape index (κ2) is 6.85. The maximum absolute atomic E-state index is 12.2. The zero-order valence-electron chi connectivity index (χ0n) is 13.3. The number of rotatable bonds is 5. The van der Waals surface area contributed by atoms with Gasteiger partial charge in [-0.2, -0.15) is 0 Å². The molecular weight excluding hydrogens is 244 g/mol. The van der Waals surface area contributed by atoms with Crippen LogP contribution in [0.3, 0.4) is 0 Å². The molecule has 0 unspecified atom stereocenters. The molecule has 0 aromatic heterocycles. The Labute approximate surface area is 116 Å². The van der Waals surface area contributed by atoms with Crippen LogP contribution in [0.2, 0.25) is 0 Å². The molecule has 0 aromatic rings. The molecule has 2 nitrogen and oxygen atoms in total. The summed E-state index contributed by atoms with van der Waals surface area (Å²) in [5.74, 6) is 0.601. The van der Waals surface area contributed by atoms with Crippen LogP contribution >= 0.6 is 0 Å². The Hall–Kier alpha value is -0.150. The van der Waals surface area contributed by atoms with E-state index in [1.54, 1.807) is 0 Å². The van der Waals surface area contributed by atoms with Crippen LogP contribution in [0.4, 0.5) is 0 Å². The van der Waals surface area contributed by atoms with Gasteiger partial charge in [-0.25, -0.2) is 0 Å². The minimum Gasteiger partial charge on any atom is -0.373 e. The van der Waals surface area contributed by atoms with Crippen molar-refractivity contribution < 1.29 is 8.95 Å². The summed E-state index contributed by atoms with van der Waals surface area (Å²) in [6.07, 6.45) is 2.09. The van der Waals surface area contributed by atoms with Crippen LogP contribution < -0.4 is 0 Å². The van der Waals surface area contributed by atoms with Gasteiger partial charge < -0.3 is 4.74 Å². The van der Waals surface area contributed by atoms with Crippen molar-refractivity contribution in [2.45, 2.75) is 66.2 Å². The Bertz CT molecular complexity index is 301. The van der Waals surface area contributed by atoms with E-state index in [9.17, 15) is 4.21 Å². The molecule has 0 aromatic carbocycles. The number of ether oxygens (including phenoxy) is 1. The summed E-state index contributed by atoms with van der Waals surface area (Å²) in [5.41, 5.74) is 1.26. The summed E-state index contributed by atoms with van der Waals surface area (Å²) in [7, 11) is -0.874. The molecular formula is C15H30O2S. The van der Waals surface area contributed by atoms with Crippen molar-refractivity contribution in [3.63, 3.8) is 0 Å².